The third kappa shape index (κ3) is 7.07. The highest BCUT2D eigenvalue weighted by atomic mass is 32.2. The molecule has 1 aliphatic rings. The van der Waals surface area contributed by atoms with E-state index in [1.165, 1.54) is 4.31 Å². The Balaban J connectivity index is 0.000000807. The summed E-state index contributed by atoms with van der Waals surface area (Å²) in [4.78, 5) is 12.8. The van der Waals surface area contributed by atoms with Crippen molar-refractivity contribution in [3.63, 3.8) is 0 Å². The second kappa shape index (κ2) is 14.7. The summed E-state index contributed by atoms with van der Waals surface area (Å²) in [6.07, 6.45) is 1.40. The van der Waals surface area contributed by atoms with E-state index in [1.807, 2.05) is 79.2 Å². The summed E-state index contributed by atoms with van der Waals surface area (Å²) in [5.74, 6) is -0.309. The lowest BCUT2D eigenvalue weighted by molar-refractivity contribution is 0.0684. The van der Waals surface area contributed by atoms with Crippen molar-refractivity contribution in [3.05, 3.63) is 83.3 Å². The fraction of sp³-hybridized carbons (Fsp3) is 0.389. The number of aryl methyl sites for hydroxylation is 3. The standard InChI is InChI=1S/C32H34N4O5S.C4H11N/c1-21-29-26-14-7-13-24-25(15-8-18-41-28-16-6-11-22-10-4-5-12-23(22)28)31(32(37)38)36(30(24)26)17-9-19-42(39,40)34(2)20-27(29)33-35(21)3;1-3-5-4-2/h4-7,10-14,16H,8-9,15,17-20H2,1-3H3,(H,37,38);5H,3-4H2,1-2H3. The maximum absolute atomic E-state index is 13.1. The number of hydrogen-bond acceptors (Lipinski definition) is 6. The summed E-state index contributed by atoms with van der Waals surface area (Å²) < 4.78 is 37.3. The number of carboxylic acids is 1. The summed E-state index contributed by atoms with van der Waals surface area (Å²) in [6, 6.07) is 19.9. The highest BCUT2D eigenvalue weighted by Crippen LogP contribution is 2.39. The molecule has 0 bridgehead atoms. The predicted molar refractivity (Wildman–Crippen MR) is 188 cm³/mol. The van der Waals surface area contributed by atoms with E-state index in [2.05, 4.69) is 24.3 Å². The summed E-state index contributed by atoms with van der Waals surface area (Å²) >= 11 is 0. The normalized spacial score (nSPS) is 14.7. The number of benzene rings is 3. The first kappa shape index (κ1) is 34.2. The SMILES string of the molecule is CCNCC.Cc1c2c(nn1C)CN(C)S(=O)(=O)CCCn1c(C(=O)O)c(CCCOc3cccc4ccccc34)c3cccc-2c31. The Bertz CT molecular complexity index is 1990. The zero-order valence-corrected chi connectivity index (χ0v) is 28.7. The molecule has 5 aromatic rings. The van der Waals surface area contributed by atoms with Crippen LogP contribution in [-0.2, 0) is 36.6 Å². The van der Waals surface area contributed by atoms with Crippen LogP contribution < -0.4 is 10.1 Å². The van der Waals surface area contributed by atoms with Crippen LogP contribution in [0.3, 0.4) is 0 Å². The Labute approximate surface area is 277 Å². The van der Waals surface area contributed by atoms with Crippen molar-refractivity contribution in [2.75, 3.05) is 32.5 Å². The number of nitrogens with zero attached hydrogens (tertiary/aromatic N) is 4. The van der Waals surface area contributed by atoms with Crippen LogP contribution in [0.2, 0.25) is 0 Å². The van der Waals surface area contributed by atoms with Gasteiger partial charge in [-0.25, -0.2) is 13.2 Å². The van der Waals surface area contributed by atoms with Crippen LogP contribution in [0.15, 0.2) is 60.7 Å². The van der Waals surface area contributed by atoms with Crippen molar-refractivity contribution < 1.29 is 23.1 Å². The molecule has 3 aromatic carbocycles. The van der Waals surface area contributed by atoms with Gasteiger partial charge in [0.15, 0.2) is 0 Å². The van der Waals surface area contributed by atoms with Gasteiger partial charge >= 0.3 is 5.97 Å². The molecule has 6 rings (SSSR count). The predicted octanol–water partition coefficient (Wildman–Crippen LogP) is 5.99. The van der Waals surface area contributed by atoms with Crippen LogP contribution in [0.1, 0.15) is 54.1 Å². The van der Waals surface area contributed by atoms with Crippen LogP contribution in [-0.4, -0.2) is 70.6 Å². The number of hydrogen-bond donors (Lipinski definition) is 2. The fourth-order valence-corrected chi connectivity index (χ4v) is 7.54. The molecule has 0 amide bonds. The van der Waals surface area contributed by atoms with Crippen molar-refractivity contribution in [2.24, 2.45) is 7.05 Å². The van der Waals surface area contributed by atoms with Crippen LogP contribution in [0.4, 0.5) is 0 Å². The molecule has 1 aliphatic heterocycles. The first-order valence-electron chi connectivity index (χ1n) is 16.2. The summed E-state index contributed by atoms with van der Waals surface area (Å²) in [7, 11) is -0.147. The number of para-hydroxylation sites is 1. The summed E-state index contributed by atoms with van der Waals surface area (Å²) in [5.41, 5.74) is 4.98. The summed E-state index contributed by atoms with van der Waals surface area (Å²) in [5, 5.41) is 21.3. The Morgan fingerprint density at radius 3 is 2.43 bits per heavy atom. The van der Waals surface area contributed by atoms with Gasteiger partial charge in [0.05, 0.1) is 30.1 Å². The monoisotopic (exact) mass is 659 g/mol. The Morgan fingerprint density at radius 1 is 1.00 bits per heavy atom. The minimum absolute atomic E-state index is 0.0836. The number of carbonyl (C=O) groups is 1. The van der Waals surface area contributed by atoms with Gasteiger partial charge in [-0.1, -0.05) is 68.4 Å². The van der Waals surface area contributed by atoms with Crippen molar-refractivity contribution in [3.8, 4) is 16.9 Å². The van der Waals surface area contributed by atoms with Gasteiger partial charge in [-0.3, -0.25) is 4.68 Å². The molecule has 0 radical (unpaired) electrons. The van der Waals surface area contributed by atoms with E-state index in [9.17, 15) is 18.3 Å². The van der Waals surface area contributed by atoms with Crippen molar-refractivity contribution in [2.45, 2.75) is 53.1 Å². The first-order valence-corrected chi connectivity index (χ1v) is 17.8. The van der Waals surface area contributed by atoms with Gasteiger partial charge in [-0.2, -0.15) is 9.40 Å². The minimum Gasteiger partial charge on any atom is -0.493 e. The van der Waals surface area contributed by atoms with Gasteiger partial charge < -0.3 is 19.7 Å². The molecule has 0 saturated heterocycles. The van der Waals surface area contributed by atoms with Crippen LogP contribution in [0.25, 0.3) is 32.8 Å². The zero-order chi connectivity index (χ0) is 33.7. The van der Waals surface area contributed by atoms with Crippen LogP contribution in [0.5, 0.6) is 5.75 Å². The molecule has 11 heteroatoms. The lowest BCUT2D eigenvalue weighted by atomic mass is 9.98. The highest BCUT2D eigenvalue weighted by molar-refractivity contribution is 7.89. The average Bonchev–Trinajstić information content (AvgIpc) is 3.51. The second-order valence-corrected chi connectivity index (χ2v) is 14.0. The van der Waals surface area contributed by atoms with Gasteiger partial charge in [-0.05, 0) is 56.3 Å². The van der Waals surface area contributed by atoms with Gasteiger partial charge in [0.2, 0.25) is 10.0 Å². The van der Waals surface area contributed by atoms with Gasteiger partial charge in [0, 0.05) is 48.2 Å². The first-order chi connectivity index (χ1) is 22.6. The molecule has 2 N–H and O–H groups in total. The van der Waals surface area contributed by atoms with Gasteiger partial charge in [0.1, 0.15) is 11.4 Å². The zero-order valence-electron chi connectivity index (χ0n) is 27.9. The molecule has 0 spiro atoms. The molecular formula is C36H45N5O5S. The Hall–Kier alpha value is -4.19. The molecule has 47 heavy (non-hydrogen) atoms. The third-order valence-corrected chi connectivity index (χ3v) is 10.7. The largest absolute Gasteiger partial charge is 0.493 e. The molecule has 2 aromatic heterocycles. The van der Waals surface area contributed by atoms with E-state index in [-0.39, 0.29) is 24.5 Å². The number of ether oxygens (including phenoxy) is 1. The van der Waals surface area contributed by atoms with Crippen molar-refractivity contribution >= 4 is 37.7 Å². The third-order valence-electron chi connectivity index (χ3n) is 8.77. The average molecular weight is 660 g/mol. The van der Waals surface area contributed by atoms with Crippen LogP contribution >= 0.6 is 0 Å². The van der Waals surface area contributed by atoms with E-state index in [4.69, 9.17) is 4.74 Å². The number of aromatic carboxylic acids is 1. The number of carboxylic acid groups (broad SMARTS) is 1. The number of sulfonamides is 1. The summed E-state index contributed by atoms with van der Waals surface area (Å²) in [6.45, 7) is 9.18. The van der Waals surface area contributed by atoms with Crippen molar-refractivity contribution in [1.82, 2.24) is 24.0 Å². The topological polar surface area (TPSA) is 119 Å². The molecule has 0 aliphatic carbocycles. The van der Waals surface area contributed by atoms with Gasteiger partial charge in [0.25, 0.3) is 0 Å². The van der Waals surface area contributed by atoms with Crippen LogP contribution in [0, 0.1) is 6.92 Å². The maximum Gasteiger partial charge on any atom is 0.352 e. The lowest BCUT2D eigenvalue weighted by Crippen LogP contribution is -2.29. The van der Waals surface area contributed by atoms with E-state index in [0.717, 1.165) is 62.9 Å². The second-order valence-electron chi connectivity index (χ2n) is 11.8. The molecular weight excluding hydrogens is 614 g/mol. The van der Waals surface area contributed by atoms with Crippen molar-refractivity contribution in [1.29, 1.82) is 0 Å². The highest BCUT2D eigenvalue weighted by Gasteiger charge is 2.29. The molecule has 0 atom stereocenters. The van der Waals surface area contributed by atoms with E-state index in [1.54, 1.807) is 11.7 Å². The molecule has 250 valence electrons. The number of fused-ring (bicyclic) bond motifs is 3. The Kier molecular flexibility index (Phi) is 10.7. The van der Waals surface area contributed by atoms with E-state index >= 15 is 0 Å². The number of rotatable bonds is 8. The lowest BCUT2D eigenvalue weighted by Gasteiger charge is -2.16. The molecule has 3 heterocycles. The molecule has 0 fully saturated rings. The molecule has 0 unspecified atom stereocenters. The number of nitrogens with one attached hydrogen (secondary N) is 1. The van der Waals surface area contributed by atoms with E-state index < -0.39 is 16.0 Å². The molecule has 10 nitrogen and oxygen atoms in total. The van der Waals surface area contributed by atoms with E-state index in [0.29, 0.717) is 31.6 Å². The quantitative estimate of drug-likeness (QED) is 0.196. The molecule has 0 saturated carbocycles. The van der Waals surface area contributed by atoms with Gasteiger partial charge in [-0.15, -0.1) is 0 Å². The number of aromatic nitrogens is 3. The maximum atomic E-state index is 13.1. The fourth-order valence-electron chi connectivity index (χ4n) is 6.41. The smallest absolute Gasteiger partial charge is 0.352 e. The minimum atomic E-state index is -3.56. The Morgan fingerprint density at radius 2 is 1.70 bits per heavy atom.